The predicted octanol–water partition coefficient (Wildman–Crippen LogP) is 6.18. The molecule has 0 spiro atoms. The first-order valence-electron chi connectivity index (χ1n) is 8.61. The Kier molecular flexibility index (Phi) is 6.57. The van der Waals surface area contributed by atoms with Gasteiger partial charge in [0.2, 0.25) is 0 Å². The molecule has 0 unspecified atom stereocenters. The van der Waals surface area contributed by atoms with Crippen molar-refractivity contribution in [3.05, 3.63) is 85.0 Å². The molecule has 0 saturated carbocycles. The standard InChI is InChI=1S/C20H10BrClF3N3O4/c21-16-15(9-26)17(11-1-5-13(22)6-2-11)27(18(16)20(23,24)25)10-32-19(29)12-3-7-14(8-4-12)28(30)31/h1-8H,10H2. The van der Waals surface area contributed by atoms with E-state index in [0.717, 1.165) is 24.3 Å². The molecule has 2 aromatic carbocycles. The number of halogens is 5. The predicted molar refractivity (Wildman–Crippen MR) is 111 cm³/mol. The lowest BCUT2D eigenvalue weighted by atomic mass is 10.1. The van der Waals surface area contributed by atoms with Crippen molar-refractivity contribution in [3.63, 3.8) is 0 Å². The van der Waals surface area contributed by atoms with Gasteiger partial charge in [-0.2, -0.15) is 18.4 Å². The van der Waals surface area contributed by atoms with Gasteiger partial charge in [0.15, 0.2) is 6.73 Å². The Labute approximate surface area is 191 Å². The highest BCUT2D eigenvalue weighted by Gasteiger charge is 2.41. The lowest BCUT2D eigenvalue weighted by Crippen LogP contribution is -2.18. The number of nitro benzene ring substituents is 1. The first-order chi connectivity index (χ1) is 15.0. The number of benzene rings is 2. The Balaban J connectivity index is 2.04. The maximum Gasteiger partial charge on any atom is 0.432 e. The third kappa shape index (κ3) is 4.61. The van der Waals surface area contributed by atoms with E-state index >= 15 is 0 Å². The van der Waals surface area contributed by atoms with Crippen LogP contribution in [0.1, 0.15) is 21.6 Å². The summed E-state index contributed by atoms with van der Waals surface area (Å²) in [6.07, 6.45) is -4.88. The van der Waals surface area contributed by atoms with E-state index in [-0.39, 0.29) is 28.1 Å². The van der Waals surface area contributed by atoms with Crippen LogP contribution in [0.5, 0.6) is 0 Å². The zero-order chi connectivity index (χ0) is 23.6. The number of hydrogen-bond donors (Lipinski definition) is 0. The maximum absolute atomic E-state index is 13.8. The summed E-state index contributed by atoms with van der Waals surface area (Å²) in [6, 6.07) is 11.9. The fourth-order valence-corrected chi connectivity index (χ4v) is 3.77. The second-order valence-electron chi connectivity index (χ2n) is 6.30. The smallest absolute Gasteiger partial charge is 0.432 e. The number of non-ortho nitro benzene ring substituents is 1. The van der Waals surface area contributed by atoms with E-state index in [0.29, 0.717) is 9.59 Å². The van der Waals surface area contributed by atoms with Gasteiger partial charge >= 0.3 is 12.1 Å². The number of alkyl halides is 3. The normalized spacial score (nSPS) is 11.1. The van der Waals surface area contributed by atoms with Crippen LogP contribution in [0.4, 0.5) is 18.9 Å². The van der Waals surface area contributed by atoms with Crippen molar-refractivity contribution in [2.45, 2.75) is 12.9 Å². The van der Waals surface area contributed by atoms with Crippen LogP contribution in [0.25, 0.3) is 11.3 Å². The number of nitro groups is 1. The van der Waals surface area contributed by atoms with Gasteiger partial charge < -0.3 is 9.30 Å². The average molecular weight is 529 g/mol. The second kappa shape index (κ2) is 9.02. The lowest BCUT2D eigenvalue weighted by Gasteiger charge is -2.16. The van der Waals surface area contributed by atoms with Crippen LogP contribution in [0, 0.1) is 21.4 Å². The third-order valence-electron chi connectivity index (χ3n) is 4.34. The van der Waals surface area contributed by atoms with E-state index in [4.69, 9.17) is 16.3 Å². The summed E-state index contributed by atoms with van der Waals surface area (Å²) in [6.45, 7) is -0.872. The summed E-state index contributed by atoms with van der Waals surface area (Å²) >= 11 is 8.69. The number of nitriles is 1. The SMILES string of the molecule is N#Cc1c(Br)c(C(F)(F)F)n(COC(=O)c2ccc([N+](=O)[O-])cc2)c1-c1ccc(Cl)cc1. The molecule has 0 atom stereocenters. The van der Waals surface area contributed by atoms with Gasteiger partial charge in [-0.05, 0) is 45.8 Å². The van der Waals surface area contributed by atoms with E-state index in [1.54, 1.807) is 6.07 Å². The molecule has 3 rings (SSSR count). The molecule has 0 radical (unpaired) electrons. The minimum Gasteiger partial charge on any atom is -0.440 e. The van der Waals surface area contributed by atoms with Crippen molar-refractivity contribution in [3.8, 4) is 17.3 Å². The molecule has 7 nitrogen and oxygen atoms in total. The topological polar surface area (TPSA) is 98.2 Å². The zero-order valence-corrected chi connectivity index (χ0v) is 18.0. The molecule has 0 fully saturated rings. The number of ether oxygens (including phenoxy) is 1. The van der Waals surface area contributed by atoms with Crippen molar-refractivity contribution in [1.82, 2.24) is 4.57 Å². The molecule has 164 valence electrons. The van der Waals surface area contributed by atoms with Gasteiger partial charge in [-0.25, -0.2) is 4.79 Å². The fourth-order valence-electron chi connectivity index (χ4n) is 2.93. The van der Waals surface area contributed by atoms with Gasteiger partial charge in [-0.1, -0.05) is 23.7 Å². The molecule has 12 heteroatoms. The van der Waals surface area contributed by atoms with Crippen LogP contribution < -0.4 is 0 Å². The van der Waals surface area contributed by atoms with E-state index in [9.17, 15) is 33.3 Å². The quantitative estimate of drug-likeness (QED) is 0.224. The first-order valence-corrected chi connectivity index (χ1v) is 9.78. The largest absolute Gasteiger partial charge is 0.440 e. The molecule has 1 heterocycles. The van der Waals surface area contributed by atoms with Gasteiger partial charge in [0.05, 0.1) is 26.2 Å². The van der Waals surface area contributed by atoms with Crippen LogP contribution in [0.15, 0.2) is 53.0 Å². The van der Waals surface area contributed by atoms with Crippen LogP contribution in [0.2, 0.25) is 5.02 Å². The Hall–Kier alpha value is -3.36. The summed E-state index contributed by atoms with van der Waals surface area (Å²) in [5.41, 5.74) is -1.75. The highest BCUT2D eigenvalue weighted by Crippen LogP contribution is 2.43. The lowest BCUT2D eigenvalue weighted by molar-refractivity contribution is -0.384. The monoisotopic (exact) mass is 527 g/mol. The molecule has 32 heavy (non-hydrogen) atoms. The van der Waals surface area contributed by atoms with Crippen molar-refractivity contribution < 1.29 is 27.6 Å². The molecule has 0 aliphatic carbocycles. The summed E-state index contributed by atoms with van der Waals surface area (Å²) in [5.74, 6) is -1.00. The molecule has 0 bridgehead atoms. The Morgan fingerprint density at radius 3 is 2.28 bits per heavy atom. The first kappa shape index (κ1) is 23.3. The maximum atomic E-state index is 13.8. The molecular formula is C20H10BrClF3N3O4. The van der Waals surface area contributed by atoms with Crippen LogP contribution in [-0.2, 0) is 17.6 Å². The zero-order valence-electron chi connectivity index (χ0n) is 15.7. The van der Waals surface area contributed by atoms with E-state index in [2.05, 4.69) is 15.9 Å². The Morgan fingerprint density at radius 1 is 1.19 bits per heavy atom. The minimum absolute atomic E-state index is 0.0936. The fraction of sp³-hybridized carbons (Fsp3) is 0.100. The number of nitrogens with zero attached hydrogens (tertiary/aromatic N) is 3. The molecule has 0 aliphatic heterocycles. The minimum atomic E-state index is -4.88. The van der Waals surface area contributed by atoms with Gasteiger partial charge in [0.1, 0.15) is 11.8 Å². The second-order valence-corrected chi connectivity index (χ2v) is 7.52. The number of carbonyl (C=O) groups is 1. The summed E-state index contributed by atoms with van der Waals surface area (Å²) in [7, 11) is 0. The molecular weight excluding hydrogens is 519 g/mol. The van der Waals surface area contributed by atoms with Gasteiger partial charge in [0.25, 0.3) is 5.69 Å². The molecule has 0 amide bonds. The molecule has 1 aromatic heterocycles. The third-order valence-corrected chi connectivity index (χ3v) is 5.36. The molecule has 3 aromatic rings. The summed E-state index contributed by atoms with van der Waals surface area (Å²) in [5, 5.41) is 20.6. The average Bonchev–Trinajstić information content (AvgIpc) is 3.04. The van der Waals surface area contributed by atoms with Crippen molar-refractivity contribution >= 4 is 39.2 Å². The van der Waals surface area contributed by atoms with Crippen molar-refractivity contribution in [2.75, 3.05) is 0 Å². The number of aromatic nitrogens is 1. The molecule has 0 N–H and O–H groups in total. The van der Waals surface area contributed by atoms with Crippen molar-refractivity contribution in [2.24, 2.45) is 0 Å². The Bertz CT molecular complexity index is 1230. The number of carbonyl (C=O) groups excluding carboxylic acids is 1. The van der Waals surface area contributed by atoms with E-state index in [1.165, 1.54) is 24.3 Å². The summed E-state index contributed by atoms with van der Waals surface area (Å²) < 4.78 is 46.6. The molecule has 0 saturated heterocycles. The van der Waals surface area contributed by atoms with Crippen LogP contribution in [-0.4, -0.2) is 15.5 Å². The number of rotatable bonds is 5. The van der Waals surface area contributed by atoms with E-state index in [1.807, 2.05) is 0 Å². The van der Waals surface area contributed by atoms with Crippen molar-refractivity contribution in [1.29, 1.82) is 5.26 Å². The Morgan fingerprint density at radius 2 is 1.78 bits per heavy atom. The molecule has 0 aliphatic rings. The highest BCUT2D eigenvalue weighted by atomic mass is 79.9. The van der Waals surface area contributed by atoms with Gasteiger partial charge in [0, 0.05) is 17.2 Å². The van der Waals surface area contributed by atoms with Crippen LogP contribution in [0.3, 0.4) is 0 Å². The number of esters is 1. The summed E-state index contributed by atoms with van der Waals surface area (Å²) in [4.78, 5) is 22.4. The van der Waals surface area contributed by atoms with Gasteiger partial charge in [-0.3, -0.25) is 10.1 Å². The highest BCUT2D eigenvalue weighted by molar-refractivity contribution is 9.10. The van der Waals surface area contributed by atoms with Gasteiger partial charge in [-0.15, -0.1) is 0 Å². The number of hydrogen-bond acceptors (Lipinski definition) is 5. The van der Waals surface area contributed by atoms with Crippen LogP contribution >= 0.6 is 27.5 Å². The van der Waals surface area contributed by atoms with E-state index < -0.39 is 34.0 Å².